The van der Waals surface area contributed by atoms with Gasteiger partial charge in [0.15, 0.2) is 0 Å². The summed E-state index contributed by atoms with van der Waals surface area (Å²) in [5, 5.41) is 22.0. The average Bonchev–Trinajstić information content (AvgIpc) is 2.66. The Labute approximate surface area is 169 Å². The largest absolute Gasteiger partial charge is 0.475 e. The Balaban J connectivity index is 2.15. The summed E-state index contributed by atoms with van der Waals surface area (Å²) in [6.07, 6.45) is 1.22. The van der Waals surface area contributed by atoms with Crippen molar-refractivity contribution in [2.24, 2.45) is 0 Å². The van der Waals surface area contributed by atoms with E-state index in [1.54, 1.807) is 0 Å². The zero-order valence-electron chi connectivity index (χ0n) is 16.4. The van der Waals surface area contributed by atoms with Crippen molar-refractivity contribution >= 4 is 24.6 Å². The first kappa shape index (κ1) is 22.3. The summed E-state index contributed by atoms with van der Waals surface area (Å²) in [6, 6.07) is 11.0. The number of nitrogens with one attached hydrogen (secondary N) is 1. The molecular weight excluding hydrogens is 374 g/mol. The molecule has 8 heteroatoms. The summed E-state index contributed by atoms with van der Waals surface area (Å²) >= 11 is 0. The molecule has 0 radical (unpaired) electrons. The molecule has 0 saturated carbocycles. The van der Waals surface area contributed by atoms with Gasteiger partial charge in [-0.2, -0.15) is 0 Å². The smallest absolute Gasteiger partial charge is 0.426 e. The van der Waals surface area contributed by atoms with Crippen LogP contribution in [0.5, 0.6) is 0 Å². The number of benzene rings is 2. The molecule has 0 bridgehead atoms. The van der Waals surface area contributed by atoms with Crippen molar-refractivity contribution in [3.63, 3.8) is 0 Å². The maximum Gasteiger partial charge on any atom is 0.475 e. The molecule has 2 amide bonds. The number of aryl methyl sites for hydroxylation is 2. The fourth-order valence-corrected chi connectivity index (χ4v) is 2.99. The minimum atomic E-state index is -1.79. The molecule has 0 fully saturated rings. The number of hydrogen-bond donors (Lipinski definition) is 3. The maximum absolute atomic E-state index is 13.5. The normalized spacial score (nSPS) is 11.5. The van der Waals surface area contributed by atoms with Crippen molar-refractivity contribution in [1.82, 2.24) is 5.32 Å². The van der Waals surface area contributed by atoms with E-state index in [1.165, 1.54) is 18.2 Å². The van der Waals surface area contributed by atoms with Crippen molar-refractivity contribution in [3.05, 3.63) is 77.6 Å². The predicted octanol–water partition coefficient (Wildman–Crippen LogP) is 1.70. The lowest BCUT2D eigenvalue weighted by Crippen LogP contribution is -2.51. The molecular formula is C21H24BFN2O4. The van der Waals surface area contributed by atoms with Crippen LogP contribution in [0.25, 0.3) is 0 Å². The topological polar surface area (TPSA) is 89.9 Å². The lowest BCUT2D eigenvalue weighted by molar-refractivity contribution is -0.122. The van der Waals surface area contributed by atoms with Crippen LogP contribution in [0.15, 0.2) is 55.1 Å². The third kappa shape index (κ3) is 6.27. The summed E-state index contributed by atoms with van der Waals surface area (Å²) in [5.74, 6) is -2.73. The molecule has 2 aromatic carbocycles. The molecule has 0 saturated heterocycles. The van der Waals surface area contributed by atoms with E-state index in [2.05, 4.69) is 11.9 Å². The molecule has 1 atom stereocenters. The van der Waals surface area contributed by atoms with Gasteiger partial charge in [0.1, 0.15) is 12.4 Å². The lowest BCUT2D eigenvalue weighted by Gasteiger charge is -2.24. The Hall–Kier alpha value is -2.97. The zero-order chi connectivity index (χ0) is 21.6. The van der Waals surface area contributed by atoms with Crippen LogP contribution in [-0.2, 0) is 16.0 Å². The Kier molecular flexibility index (Phi) is 7.70. The van der Waals surface area contributed by atoms with Crippen LogP contribution in [0.2, 0.25) is 0 Å². The van der Waals surface area contributed by atoms with Gasteiger partial charge in [-0.25, -0.2) is 4.39 Å². The quantitative estimate of drug-likeness (QED) is 0.467. The molecule has 0 aromatic heterocycles. The summed E-state index contributed by atoms with van der Waals surface area (Å²) in [4.78, 5) is 25.7. The molecule has 6 nitrogen and oxygen atoms in total. The lowest BCUT2D eigenvalue weighted by atomic mass is 9.75. The Morgan fingerprint density at radius 1 is 1.24 bits per heavy atom. The van der Waals surface area contributed by atoms with E-state index < -0.39 is 37.2 Å². The molecule has 0 heterocycles. The summed E-state index contributed by atoms with van der Waals surface area (Å²) in [7, 11) is -1.79. The second kappa shape index (κ2) is 10.00. The highest BCUT2D eigenvalue weighted by atomic mass is 19.1. The van der Waals surface area contributed by atoms with Crippen LogP contribution < -0.4 is 10.2 Å². The number of rotatable bonds is 8. The number of amides is 2. The van der Waals surface area contributed by atoms with Gasteiger partial charge in [-0.3, -0.25) is 14.5 Å². The molecule has 0 aliphatic rings. The van der Waals surface area contributed by atoms with Gasteiger partial charge in [-0.1, -0.05) is 36.4 Å². The zero-order valence-corrected chi connectivity index (χ0v) is 16.4. The van der Waals surface area contributed by atoms with Crippen molar-refractivity contribution < 1.29 is 24.0 Å². The number of anilines is 1. The van der Waals surface area contributed by atoms with Crippen LogP contribution in [0.1, 0.15) is 16.7 Å². The average molecular weight is 398 g/mol. The molecule has 29 heavy (non-hydrogen) atoms. The minimum Gasteiger partial charge on any atom is -0.426 e. The molecule has 0 spiro atoms. The molecule has 0 aliphatic carbocycles. The summed E-state index contributed by atoms with van der Waals surface area (Å²) in [5.41, 5.74) is 3.09. The highest BCUT2D eigenvalue weighted by molar-refractivity contribution is 6.43. The minimum absolute atomic E-state index is 0.195. The first-order valence-electron chi connectivity index (χ1n) is 9.12. The monoisotopic (exact) mass is 398 g/mol. The molecule has 2 aromatic rings. The number of nitrogens with zero attached hydrogens (tertiary/aromatic N) is 1. The van der Waals surface area contributed by atoms with Gasteiger partial charge in [0, 0.05) is 5.69 Å². The Morgan fingerprint density at radius 3 is 2.55 bits per heavy atom. The van der Waals surface area contributed by atoms with Gasteiger partial charge in [0.25, 0.3) is 5.91 Å². The maximum atomic E-state index is 13.5. The summed E-state index contributed by atoms with van der Waals surface area (Å²) < 4.78 is 13.5. The van der Waals surface area contributed by atoms with Gasteiger partial charge in [-0.05, 0) is 55.7 Å². The van der Waals surface area contributed by atoms with Crippen molar-refractivity contribution in [2.75, 3.05) is 11.4 Å². The first-order valence-corrected chi connectivity index (χ1v) is 9.12. The fraction of sp³-hybridized carbons (Fsp3) is 0.238. The fourth-order valence-electron chi connectivity index (χ4n) is 2.99. The predicted molar refractivity (Wildman–Crippen MR) is 111 cm³/mol. The van der Waals surface area contributed by atoms with Gasteiger partial charge < -0.3 is 15.4 Å². The number of hydrogen-bond acceptors (Lipinski definition) is 4. The van der Waals surface area contributed by atoms with Crippen LogP contribution >= 0.6 is 0 Å². The third-order valence-electron chi connectivity index (χ3n) is 4.51. The van der Waals surface area contributed by atoms with E-state index >= 15 is 0 Å². The molecule has 2 rings (SSSR count). The SMILES string of the molecule is C=CC(=O)N(CC(=O)NC(Cc1ccc(C)cc1C)B(O)O)c1cccc(F)c1. The Bertz CT molecular complexity index is 904. The molecule has 1 unspecified atom stereocenters. The third-order valence-corrected chi connectivity index (χ3v) is 4.51. The second-order valence-electron chi connectivity index (χ2n) is 6.83. The highest BCUT2D eigenvalue weighted by Gasteiger charge is 2.27. The molecule has 152 valence electrons. The van der Waals surface area contributed by atoms with E-state index in [-0.39, 0.29) is 12.1 Å². The van der Waals surface area contributed by atoms with Crippen LogP contribution in [-0.4, -0.2) is 41.5 Å². The first-order chi connectivity index (χ1) is 13.7. The van der Waals surface area contributed by atoms with Crippen LogP contribution in [0.4, 0.5) is 10.1 Å². The van der Waals surface area contributed by atoms with Crippen molar-refractivity contribution in [2.45, 2.75) is 26.2 Å². The summed E-state index contributed by atoms with van der Waals surface area (Å²) in [6.45, 7) is 6.83. The van der Waals surface area contributed by atoms with Gasteiger partial charge >= 0.3 is 7.12 Å². The van der Waals surface area contributed by atoms with E-state index in [0.717, 1.165) is 33.7 Å². The second-order valence-corrected chi connectivity index (χ2v) is 6.83. The van der Waals surface area contributed by atoms with Gasteiger partial charge in [0.2, 0.25) is 5.91 Å². The number of carbonyl (C=O) groups is 2. The van der Waals surface area contributed by atoms with E-state index in [1.807, 2.05) is 32.0 Å². The van der Waals surface area contributed by atoms with Crippen LogP contribution in [0.3, 0.4) is 0 Å². The van der Waals surface area contributed by atoms with E-state index in [9.17, 15) is 24.0 Å². The van der Waals surface area contributed by atoms with E-state index in [4.69, 9.17) is 0 Å². The highest BCUT2D eigenvalue weighted by Crippen LogP contribution is 2.17. The Morgan fingerprint density at radius 2 is 1.97 bits per heavy atom. The standard InChI is InChI=1S/C21H24BFN2O4/c1-4-21(27)25(18-7-5-6-17(23)12-18)13-20(26)24-19(22(28)29)11-16-9-8-14(2)10-15(16)3/h4-10,12,19,28-29H,1,11,13H2,2-3H3,(H,24,26). The molecule has 3 N–H and O–H groups in total. The van der Waals surface area contributed by atoms with Gasteiger partial charge in [0.05, 0.1) is 5.94 Å². The number of carbonyl (C=O) groups excluding carboxylic acids is 2. The number of halogens is 1. The van der Waals surface area contributed by atoms with Crippen molar-refractivity contribution in [1.29, 1.82) is 0 Å². The van der Waals surface area contributed by atoms with Crippen LogP contribution in [0, 0.1) is 19.7 Å². The molecule has 0 aliphatic heterocycles. The van der Waals surface area contributed by atoms with E-state index in [0.29, 0.717) is 0 Å². The van der Waals surface area contributed by atoms with Gasteiger partial charge in [-0.15, -0.1) is 0 Å². The van der Waals surface area contributed by atoms with Crippen molar-refractivity contribution in [3.8, 4) is 0 Å².